The van der Waals surface area contributed by atoms with E-state index in [1.807, 2.05) is 17.4 Å². The minimum absolute atomic E-state index is 0.313. The Morgan fingerprint density at radius 3 is 2.13 bits per heavy atom. The van der Waals surface area contributed by atoms with Crippen LogP contribution in [0.2, 0.25) is 0 Å². The number of hydrogen-bond donors (Lipinski definition) is 2. The summed E-state index contributed by atoms with van der Waals surface area (Å²) in [6, 6.07) is 58.4. The average Bonchev–Trinajstić information content (AvgIpc) is 3.79. The normalized spacial score (nSPS) is 16.3. The second kappa shape index (κ2) is 11.6. The lowest BCUT2D eigenvalue weighted by Gasteiger charge is -2.34. The van der Waals surface area contributed by atoms with Crippen molar-refractivity contribution in [1.29, 1.82) is 0 Å². The molecule has 52 heavy (non-hydrogen) atoms. The molecule has 1 aliphatic heterocycles. The second-order valence-corrected chi connectivity index (χ2v) is 14.6. The van der Waals surface area contributed by atoms with Crippen molar-refractivity contribution in [3.63, 3.8) is 0 Å². The minimum atomic E-state index is -0.336. The molecule has 0 saturated carbocycles. The van der Waals surface area contributed by atoms with Gasteiger partial charge in [0, 0.05) is 42.1 Å². The number of amidine groups is 1. The summed E-state index contributed by atoms with van der Waals surface area (Å²) < 4.78 is 9.12. The molecule has 5 heteroatoms. The number of nitrogens with zero attached hydrogens (tertiary/aromatic N) is 1. The third-order valence-corrected chi connectivity index (χ3v) is 11.8. The van der Waals surface area contributed by atoms with Crippen LogP contribution in [0.1, 0.15) is 29.0 Å². The molecule has 1 aliphatic rings. The highest BCUT2D eigenvalue weighted by atomic mass is 32.1. The molecule has 246 valence electrons. The number of benzene rings is 8. The second-order valence-electron chi connectivity index (χ2n) is 13.5. The maximum atomic E-state index is 6.56. The zero-order chi connectivity index (χ0) is 34.2. The van der Waals surface area contributed by atoms with Crippen LogP contribution in [0, 0.1) is 0 Å². The van der Waals surface area contributed by atoms with Crippen LogP contribution in [-0.4, -0.2) is 5.84 Å². The number of hydrogen-bond acceptors (Lipinski definition) is 5. The van der Waals surface area contributed by atoms with Crippen LogP contribution in [0.3, 0.4) is 0 Å². The van der Waals surface area contributed by atoms with Gasteiger partial charge in [0.15, 0.2) is 0 Å². The third-order valence-electron chi connectivity index (χ3n) is 10.6. The van der Waals surface area contributed by atoms with E-state index < -0.39 is 0 Å². The van der Waals surface area contributed by atoms with Crippen molar-refractivity contribution in [3.8, 4) is 11.1 Å². The van der Waals surface area contributed by atoms with Gasteiger partial charge < -0.3 is 9.73 Å². The molecule has 3 heterocycles. The number of nitrogens with one attached hydrogen (secondary N) is 2. The van der Waals surface area contributed by atoms with Gasteiger partial charge in [-0.2, -0.15) is 0 Å². The summed E-state index contributed by atoms with van der Waals surface area (Å²) >= 11 is 1.86. The number of aliphatic imine (C=N–C) groups is 1. The highest BCUT2D eigenvalue weighted by molar-refractivity contribution is 7.26. The van der Waals surface area contributed by atoms with E-state index in [0.29, 0.717) is 0 Å². The van der Waals surface area contributed by atoms with Crippen molar-refractivity contribution in [2.45, 2.75) is 12.3 Å². The van der Waals surface area contributed by atoms with Crippen molar-refractivity contribution in [1.82, 2.24) is 10.6 Å². The van der Waals surface area contributed by atoms with Crippen LogP contribution in [0.4, 0.5) is 0 Å². The van der Waals surface area contributed by atoms with E-state index in [4.69, 9.17) is 9.41 Å². The summed E-state index contributed by atoms with van der Waals surface area (Å²) in [4.78, 5) is 5.44. The first-order valence-electron chi connectivity index (χ1n) is 17.7. The van der Waals surface area contributed by atoms with E-state index in [0.717, 1.165) is 50.0 Å². The molecule has 2 atom stereocenters. The zero-order valence-electron chi connectivity index (χ0n) is 28.0. The Labute approximate surface area is 303 Å². The zero-order valence-corrected chi connectivity index (χ0v) is 28.8. The highest BCUT2D eigenvalue weighted by Gasteiger charge is 2.31. The molecule has 0 spiro atoms. The average molecular weight is 686 g/mol. The van der Waals surface area contributed by atoms with Crippen LogP contribution in [0.25, 0.3) is 74.8 Å². The molecule has 11 rings (SSSR count). The Bertz CT molecular complexity index is 3050. The predicted molar refractivity (Wildman–Crippen MR) is 218 cm³/mol. The molecule has 0 amide bonds. The molecule has 0 radical (unpaired) electrons. The summed E-state index contributed by atoms with van der Waals surface area (Å²) in [7, 11) is 0. The maximum Gasteiger partial charge on any atom is 0.135 e. The number of rotatable bonds is 4. The van der Waals surface area contributed by atoms with Gasteiger partial charge in [0.25, 0.3) is 0 Å². The molecule has 2 unspecified atom stereocenters. The SMILES string of the molecule is c1ccc(C2=NC(c3cc4ccccc4c4ccccc34)NC(c3c(-c4cccc5c4sc4ccccc45)ccc4oc5ccccc5c34)N2)cc1. The van der Waals surface area contributed by atoms with Gasteiger partial charge in [0.1, 0.15) is 29.3 Å². The quantitative estimate of drug-likeness (QED) is 0.181. The van der Waals surface area contributed by atoms with E-state index in [2.05, 4.69) is 168 Å². The molecular weight excluding hydrogens is 655 g/mol. The van der Waals surface area contributed by atoms with Crippen LogP contribution >= 0.6 is 11.3 Å². The molecule has 2 aromatic heterocycles. The van der Waals surface area contributed by atoms with E-state index >= 15 is 0 Å². The van der Waals surface area contributed by atoms with Crippen molar-refractivity contribution in [2.75, 3.05) is 0 Å². The molecule has 0 aliphatic carbocycles. The Morgan fingerprint density at radius 2 is 1.25 bits per heavy atom. The highest BCUT2D eigenvalue weighted by Crippen LogP contribution is 2.46. The Hall–Kier alpha value is -6.27. The summed E-state index contributed by atoms with van der Waals surface area (Å²) in [5, 5.41) is 17.6. The maximum absolute atomic E-state index is 6.56. The van der Waals surface area contributed by atoms with E-state index in [1.165, 1.54) is 47.3 Å². The number of furan rings is 1. The van der Waals surface area contributed by atoms with Crippen LogP contribution in [-0.2, 0) is 0 Å². The van der Waals surface area contributed by atoms with E-state index in [1.54, 1.807) is 0 Å². The standard InChI is InChI=1S/C47H31N3OS/c1-2-13-28(14-3-1)45-48-46(38-27-29-15-4-5-16-30(29)31-17-6-7-18-32(31)38)50-47(49-45)43-34(25-26-40-42(43)37-20-8-10-23-39(37)51-40)36-22-12-21-35-33-19-9-11-24-41(33)52-44(35)36/h1-27,46-47,50H,(H,48,49). The molecule has 0 saturated heterocycles. The summed E-state index contributed by atoms with van der Waals surface area (Å²) in [5.41, 5.74) is 7.45. The lowest BCUT2D eigenvalue weighted by molar-refractivity contribution is 0.413. The number of para-hydroxylation sites is 1. The van der Waals surface area contributed by atoms with Crippen molar-refractivity contribution in [2.24, 2.45) is 4.99 Å². The lowest BCUT2D eigenvalue weighted by atomic mass is 9.91. The summed E-state index contributed by atoms with van der Waals surface area (Å²) in [5.74, 6) is 0.849. The number of fused-ring (bicyclic) bond motifs is 9. The van der Waals surface area contributed by atoms with Gasteiger partial charge in [0.05, 0.1) is 0 Å². The van der Waals surface area contributed by atoms with Gasteiger partial charge in [0.2, 0.25) is 0 Å². The first-order chi connectivity index (χ1) is 25.8. The Morgan fingerprint density at radius 1 is 0.538 bits per heavy atom. The molecule has 8 aromatic carbocycles. The molecule has 4 nitrogen and oxygen atoms in total. The van der Waals surface area contributed by atoms with Gasteiger partial charge in [-0.3, -0.25) is 5.32 Å². The monoisotopic (exact) mass is 685 g/mol. The molecule has 10 aromatic rings. The third kappa shape index (κ3) is 4.53. The Kier molecular flexibility index (Phi) is 6.59. The smallest absolute Gasteiger partial charge is 0.135 e. The largest absolute Gasteiger partial charge is 0.456 e. The summed E-state index contributed by atoms with van der Waals surface area (Å²) in [6.07, 6.45) is -0.648. The lowest BCUT2D eigenvalue weighted by Crippen LogP contribution is -2.45. The van der Waals surface area contributed by atoms with Gasteiger partial charge in [-0.05, 0) is 62.5 Å². The van der Waals surface area contributed by atoms with Crippen LogP contribution < -0.4 is 10.6 Å². The molecule has 2 N–H and O–H groups in total. The predicted octanol–water partition coefficient (Wildman–Crippen LogP) is 12.3. The van der Waals surface area contributed by atoms with Gasteiger partial charge in [-0.1, -0.05) is 140 Å². The minimum Gasteiger partial charge on any atom is -0.456 e. The van der Waals surface area contributed by atoms with Gasteiger partial charge in [-0.15, -0.1) is 11.3 Å². The molecule has 0 fully saturated rings. The molecular formula is C47H31N3OS. The number of thiophene rings is 1. The van der Waals surface area contributed by atoms with Crippen molar-refractivity contribution < 1.29 is 4.42 Å². The fraction of sp³-hybridized carbons (Fsp3) is 0.0426. The Balaban J connectivity index is 1.19. The fourth-order valence-corrected chi connectivity index (χ4v) is 9.49. The van der Waals surface area contributed by atoms with Gasteiger partial charge >= 0.3 is 0 Å². The van der Waals surface area contributed by atoms with Crippen molar-refractivity contribution in [3.05, 3.63) is 180 Å². The fourth-order valence-electron chi connectivity index (χ4n) is 8.25. The van der Waals surface area contributed by atoms with Gasteiger partial charge in [-0.25, -0.2) is 4.99 Å². The molecule has 0 bridgehead atoms. The van der Waals surface area contributed by atoms with Crippen LogP contribution in [0.15, 0.2) is 173 Å². The first kappa shape index (κ1) is 29.5. The van der Waals surface area contributed by atoms with E-state index in [9.17, 15) is 0 Å². The first-order valence-corrected chi connectivity index (χ1v) is 18.5. The van der Waals surface area contributed by atoms with E-state index in [-0.39, 0.29) is 12.3 Å². The van der Waals surface area contributed by atoms with Crippen molar-refractivity contribution >= 4 is 80.8 Å². The van der Waals surface area contributed by atoms with Crippen LogP contribution in [0.5, 0.6) is 0 Å². The summed E-state index contributed by atoms with van der Waals surface area (Å²) in [6.45, 7) is 0. The topological polar surface area (TPSA) is 49.6 Å².